The van der Waals surface area contributed by atoms with Gasteiger partial charge in [0.2, 0.25) is 5.91 Å². The van der Waals surface area contributed by atoms with Crippen molar-refractivity contribution in [2.75, 3.05) is 13.2 Å². The van der Waals surface area contributed by atoms with Crippen molar-refractivity contribution in [2.24, 2.45) is 0 Å². The molecule has 0 unspecified atom stereocenters. The summed E-state index contributed by atoms with van der Waals surface area (Å²) >= 11 is 0. The number of imide groups is 2. The van der Waals surface area contributed by atoms with Crippen molar-refractivity contribution in [3.05, 3.63) is 35.4 Å². The highest BCUT2D eigenvalue weighted by Crippen LogP contribution is 2.19. The molecule has 1 aromatic carbocycles. The molecular weight excluding hydrogens is 354 g/mol. The van der Waals surface area contributed by atoms with Crippen molar-refractivity contribution in [1.29, 1.82) is 0 Å². The third kappa shape index (κ3) is 5.63. The predicted molar refractivity (Wildman–Crippen MR) is 93.6 cm³/mol. The summed E-state index contributed by atoms with van der Waals surface area (Å²) in [5.41, 5.74) is 0.412. The van der Waals surface area contributed by atoms with Crippen LogP contribution in [0.2, 0.25) is 0 Å². The Kier molecular flexibility index (Phi) is 5.94. The second kappa shape index (κ2) is 7.98. The topological polar surface area (TPSA) is 122 Å². The number of carbonyl (C=O) groups is 5. The summed E-state index contributed by atoms with van der Waals surface area (Å²) in [6.07, 6.45) is 0.00263. The first-order chi connectivity index (χ1) is 12.6. The van der Waals surface area contributed by atoms with Crippen LogP contribution in [0.15, 0.2) is 24.3 Å². The van der Waals surface area contributed by atoms with E-state index >= 15 is 0 Å². The zero-order valence-corrected chi connectivity index (χ0v) is 15.3. The smallest absolute Gasteiger partial charge is 0.326 e. The molecule has 2 N–H and O–H groups in total. The summed E-state index contributed by atoms with van der Waals surface area (Å²) in [5, 5.41) is 4.53. The molecule has 0 saturated carbocycles. The highest BCUT2D eigenvalue weighted by atomic mass is 16.5. The Morgan fingerprint density at radius 3 is 2.48 bits per heavy atom. The molecule has 1 aromatic rings. The van der Waals surface area contributed by atoms with Gasteiger partial charge in [-0.1, -0.05) is 18.2 Å². The van der Waals surface area contributed by atoms with Crippen LogP contribution in [0.25, 0.3) is 0 Å². The van der Waals surface area contributed by atoms with E-state index in [2.05, 4.69) is 5.32 Å². The predicted octanol–water partition coefficient (Wildman–Crippen LogP) is 0.379. The van der Waals surface area contributed by atoms with Gasteiger partial charge in [-0.3, -0.25) is 29.4 Å². The molecule has 5 amide bonds. The van der Waals surface area contributed by atoms with Crippen molar-refractivity contribution in [3.63, 3.8) is 0 Å². The molecule has 0 radical (unpaired) electrons. The summed E-state index contributed by atoms with van der Waals surface area (Å²) in [4.78, 5) is 60.3. The normalized spacial score (nSPS) is 13.7. The molecule has 0 aromatic heterocycles. The minimum Gasteiger partial charge on any atom is -0.454 e. The molecule has 1 aliphatic rings. The van der Waals surface area contributed by atoms with Gasteiger partial charge in [0.05, 0.1) is 6.42 Å². The second-order valence-corrected chi connectivity index (χ2v) is 7.03. The molecule has 0 spiro atoms. The molecular formula is C18H21N3O6. The lowest BCUT2D eigenvalue weighted by Crippen LogP contribution is -2.49. The van der Waals surface area contributed by atoms with E-state index in [4.69, 9.17) is 4.74 Å². The third-order valence-electron chi connectivity index (χ3n) is 3.53. The average Bonchev–Trinajstić information content (AvgIpc) is 2.55. The van der Waals surface area contributed by atoms with E-state index in [1.54, 1.807) is 45.0 Å². The van der Waals surface area contributed by atoms with Crippen LogP contribution in [0.1, 0.15) is 36.7 Å². The van der Waals surface area contributed by atoms with E-state index in [1.165, 1.54) is 0 Å². The fourth-order valence-electron chi connectivity index (χ4n) is 2.42. The van der Waals surface area contributed by atoms with E-state index in [-0.39, 0.29) is 6.42 Å². The van der Waals surface area contributed by atoms with Crippen LogP contribution >= 0.6 is 0 Å². The summed E-state index contributed by atoms with van der Waals surface area (Å²) in [5.74, 6) is -2.87. The second-order valence-electron chi connectivity index (χ2n) is 7.03. The van der Waals surface area contributed by atoms with Crippen LogP contribution in [-0.4, -0.2) is 53.3 Å². The Hall–Kier alpha value is -3.23. The van der Waals surface area contributed by atoms with Crippen molar-refractivity contribution >= 4 is 29.7 Å². The molecule has 9 heteroatoms. The third-order valence-corrected chi connectivity index (χ3v) is 3.53. The number of nitrogens with one attached hydrogen (secondary N) is 2. The van der Waals surface area contributed by atoms with Crippen LogP contribution in [0.4, 0.5) is 4.79 Å². The van der Waals surface area contributed by atoms with Crippen LogP contribution in [0.3, 0.4) is 0 Å². The number of ether oxygens (including phenoxy) is 1. The molecule has 0 saturated heterocycles. The van der Waals surface area contributed by atoms with Crippen molar-refractivity contribution in [3.8, 4) is 0 Å². The first-order valence-electron chi connectivity index (χ1n) is 8.27. The first-order valence-corrected chi connectivity index (χ1v) is 8.27. The largest absolute Gasteiger partial charge is 0.454 e. The standard InChI is InChI=1S/C18H21N3O6/c1-18(2,3)20-17(26)19-13(22)10-27-15(24)9-21-14(23)8-11-6-4-5-7-12(11)16(21)25/h4-7H,8-10H2,1-3H3,(H2,19,20,22,26). The monoisotopic (exact) mass is 375 g/mol. The minimum absolute atomic E-state index is 0.00263. The Bertz CT molecular complexity index is 797. The molecule has 144 valence electrons. The minimum atomic E-state index is -0.928. The molecule has 1 heterocycles. The van der Waals surface area contributed by atoms with Gasteiger partial charge in [0.25, 0.3) is 11.8 Å². The van der Waals surface area contributed by atoms with E-state index < -0.39 is 48.4 Å². The van der Waals surface area contributed by atoms with E-state index in [0.29, 0.717) is 11.1 Å². The summed E-state index contributed by atoms with van der Waals surface area (Å²) in [6, 6.07) is 5.91. The molecule has 1 aliphatic heterocycles. The summed E-state index contributed by atoms with van der Waals surface area (Å²) in [6.45, 7) is 3.91. The molecule has 0 aliphatic carbocycles. The van der Waals surface area contributed by atoms with Gasteiger partial charge in [0.15, 0.2) is 6.61 Å². The Morgan fingerprint density at radius 1 is 1.15 bits per heavy atom. The van der Waals surface area contributed by atoms with Gasteiger partial charge in [-0.15, -0.1) is 0 Å². The Labute approximate surface area is 156 Å². The fourth-order valence-corrected chi connectivity index (χ4v) is 2.42. The van der Waals surface area contributed by atoms with Crippen LogP contribution in [0.5, 0.6) is 0 Å². The number of hydrogen-bond acceptors (Lipinski definition) is 6. The van der Waals surface area contributed by atoms with E-state index in [1.807, 2.05) is 5.32 Å². The van der Waals surface area contributed by atoms with Gasteiger partial charge in [0.1, 0.15) is 6.54 Å². The first kappa shape index (κ1) is 20.1. The quantitative estimate of drug-likeness (QED) is 0.579. The SMILES string of the molecule is CC(C)(C)NC(=O)NC(=O)COC(=O)CN1C(=O)Cc2ccccc2C1=O. The number of fused-ring (bicyclic) bond motifs is 1. The van der Waals surface area contributed by atoms with Gasteiger partial charge < -0.3 is 10.1 Å². The molecule has 2 rings (SSSR count). The van der Waals surface area contributed by atoms with Gasteiger partial charge in [-0.2, -0.15) is 0 Å². The Morgan fingerprint density at radius 2 is 1.81 bits per heavy atom. The van der Waals surface area contributed by atoms with Crippen LogP contribution < -0.4 is 10.6 Å². The number of urea groups is 1. The number of benzene rings is 1. The van der Waals surface area contributed by atoms with Crippen molar-refractivity contribution in [2.45, 2.75) is 32.7 Å². The maximum Gasteiger partial charge on any atom is 0.326 e. The molecule has 0 fully saturated rings. The number of rotatable bonds is 4. The lowest BCUT2D eigenvalue weighted by Gasteiger charge is -2.25. The van der Waals surface area contributed by atoms with Crippen molar-refractivity contribution < 1.29 is 28.7 Å². The fraction of sp³-hybridized carbons (Fsp3) is 0.389. The summed E-state index contributed by atoms with van der Waals surface area (Å²) < 4.78 is 4.75. The van der Waals surface area contributed by atoms with Crippen molar-refractivity contribution in [1.82, 2.24) is 15.5 Å². The van der Waals surface area contributed by atoms with Crippen LogP contribution in [0, 0.1) is 0 Å². The van der Waals surface area contributed by atoms with Gasteiger partial charge >= 0.3 is 12.0 Å². The number of hydrogen-bond donors (Lipinski definition) is 2. The molecule has 0 bridgehead atoms. The van der Waals surface area contributed by atoms with Gasteiger partial charge in [0, 0.05) is 11.1 Å². The van der Waals surface area contributed by atoms with E-state index in [9.17, 15) is 24.0 Å². The maximum atomic E-state index is 12.3. The van der Waals surface area contributed by atoms with E-state index in [0.717, 1.165) is 4.90 Å². The average molecular weight is 375 g/mol. The zero-order chi connectivity index (χ0) is 20.2. The number of nitrogens with zero attached hydrogens (tertiary/aromatic N) is 1. The maximum absolute atomic E-state index is 12.3. The molecule has 0 atom stereocenters. The highest BCUT2D eigenvalue weighted by Gasteiger charge is 2.32. The number of amides is 5. The van der Waals surface area contributed by atoms with Crippen LogP contribution in [-0.2, 0) is 25.5 Å². The molecule has 27 heavy (non-hydrogen) atoms. The number of esters is 1. The van der Waals surface area contributed by atoms with Gasteiger partial charge in [-0.05, 0) is 32.4 Å². The lowest BCUT2D eigenvalue weighted by atomic mass is 9.98. The summed E-state index contributed by atoms with van der Waals surface area (Å²) in [7, 11) is 0. The number of carbonyl (C=O) groups excluding carboxylic acids is 5. The van der Waals surface area contributed by atoms with Gasteiger partial charge in [-0.25, -0.2) is 4.79 Å². The zero-order valence-electron chi connectivity index (χ0n) is 15.3. The highest BCUT2D eigenvalue weighted by molar-refractivity contribution is 6.11. The Balaban J connectivity index is 1.85. The lowest BCUT2D eigenvalue weighted by molar-refractivity contribution is -0.151. The molecule has 9 nitrogen and oxygen atoms in total.